The Balaban J connectivity index is 2.25. The second kappa shape index (κ2) is 8.60. The van der Waals surface area contributed by atoms with Gasteiger partial charge in [-0.25, -0.2) is 0 Å². The average Bonchev–Trinajstić information content (AvgIpc) is 2.83. The molecule has 1 rings (SSSR count). The zero-order valence-electron chi connectivity index (χ0n) is 12.6. The summed E-state index contributed by atoms with van der Waals surface area (Å²) >= 11 is 0. The molecule has 6 heteroatoms. The molecule has 1 aliphatic rings. The molecule has 0 saturated heterocycles. The Morgan fingerprint density at radius 1 is 1.38 bits per heavy atom. The van der Waals surface area contributed by atoms with Crippen LogP contribution in [0.4, 0.5) is 13.2 Å². The van der Waals surface area contributed by atoms with E-state index in [1.165, 1.54) is 0 Å². The molecule has 0 aromatic heterocycles. The molecule has 0 aromatic rings. The van der Waals surface area contributed by atoms with Crippen molar-refractivity contribution in [3.05, 3.63) is 0 Å². The van der Waals surface area contributed by atoms with Crippen molar-refractivity contribution < 1.29 is 17.9 Å². The minimum Gasteiger partial charge on any atom is -0.381 e. The van der Waals surface area contributed by atoms with Gasteiger partial charge in [0.05, 0.1) is 6.07 Å². The molecule has 0 spiro atoms. The second-order valence-electron chi connectivity index (χ2n) is 5.72. The predicted octanol–water partition coefficient (Wildman–Crippen LogP) is 3.80. The summed E-state index contributed by atoms with van der Waals surface area (Å²) in [7, 11) is 0. The van der Waals surface area contributed by atoms with Crippen LogP contribution in [0.1, 0.15) is 51.9 Å². The summed E-state index contributed by atoms with van der Waals surface area (Å²) < 4.78 is 41.2. The third-order valence-corrected chi connectivity index (χ3v) is 4.07. The van der Waals surface area contributed by atoms with Crippen molar-refractivity contribution in [3.8, 4) is 6.07 Å². The molecule has 0 bridgehead atoms. The molecule has 0 heterocycles. The molecule has 2 atom stereocenters. The van der Waals surface area contributed by atoms with Crippen LogP contribution in [-0.4, -0.2) is 31.5 Å². The lowest BCUT2D eigenvalue weighted by atomic mass is 9.86. The number of nitriles is 1. The molecular weight excluding hydrogens is 281 g/mol. The standard InChI is InChI=1S/C15H25F3N2O/c1-2-9-20-14(12-19)7-3-5-13(14)6-11-21-10-4-8-15(16,17)18/h13,20H,2-11H2,1H3. The number of halogens is 3. The van der Waals surface area contributed by atoms with Gasteiger partial charge in [0, 0.05) is 19.6 Å². The van der Waals surface area contributed by atoms with Crippen LogP contribution < -0.4 is 5.32 Å². The predicted molar refractivity (Wildman–Crippen MR) is 74.7 cm³/mol. The maximum Gasteiger partial charge on any atom is 0.389 e. The van der Waals surface area contributed by atoms with E-state index in [1.54, 1.807) is 0 Å². The van der Waals surface area contributed by atoms with Crippen LogP contribution in [0.3, 0.4) is 0 Å². The van der Waals surface area contributed by atoms with Gasteiger partial charge in [0.1, 0.15) is 5.54 Å². The Labute approximate surface area is 124 Å². The first kappa shape index (κ1) is 18.2. The largest absolute Gasteiger partial charge is 0.389 e. The molecule has 0 amide bonds. The van der Waals surface area contributed by atoms with E-state index in [1.807, 2.05) is 0 Å². The number of rotatable bonds is 9. The molecule has 3 nitrogen and oxygen atoms in total. The average molecular weight is 306 g/mol. The van der Waals surface area contributed by atoms with Gasteiger partial charge in [-0.2, -0.15) is 18.4 Å². The highest BCUT2D eigenvalue weighted by molar-refractivity contribution is 5.13. The van der Waals surface area contributed by atoms with Crippen molar-refractivity contribution in [1.82, 2.24) is 5.32 Å². The van der Waals surface area contributed by atoms with Crippen molar-refractivity contribution in [2.75, 3.05) is 19.8 Å². The van der Waals surface area contributed by atoms with E-state index in [2.05, 4.69) is 18.3 Å². The monoisotopic (exact) mass is 306 g/mol. The van der Waals surface area contributed by atoms with Gasteiger partial charge in [-0.05, 0) is 44.6 Å². The first-order chi connectivity index (χ1) is 9.93. The molecule has 0 aliphatic heterocycles. The highest BCUT2D eigenvalue weighted by Crippen LogP contribution is 2.37. The Hall–Kier alpha value is -0.800. The molecule has 21 heavy (non-hydrogen) atoms. The zero-order chi connectivity index (χ0) is 15.8. The van der Waals surface area contributed by atoms with Gasteiger partial charge >= 0.3 is 6.18 Å². The van der Waals surface area contributed by atoms with Gasteiger partial charge < -0.3 is 4.74 Å². The van der Waals surface area contributed by atoms with E-state index >= 15 is 0 Å². The van der Waals surface area contributed by atoms with Crippen molar-refractivity contribution in [2.45, 2.75) is 63.6 Å². The lowest BCUT2D eigenvalue weighted by molar-refractivity contribution is -0.137. The Bertz CT molecular complexity index is 341. The van der Waals surface area contributed by atoms with Gasteiger partial charge in [-0.3, -0.25) is 5.32 Å². The third-order valence-electron chi connectivity index (χ3n) is 4.07. The van der Waals surface area contributed by atoms with Crippen LogP contribution in [0.15, 0.2) is 0 Å². The van der Waals surface area contributed by atoms with Gasteiger partial charge in [0.2, 0.25) is 0 Å². The minimum absolute atomic E-state index is 0.00560. The number of nitrogens with one attached hydrogen (secondary N) is 1. The normalized spacial score (nSPS) is 26.0. The first-order valence-electron chi connectivity index (χ1n) is 7.74. The fourth-order valence-electron chi connectivity index (χ4n) is 2.94. The summed E-state index contributed by atoms with van der Waals surface area (Å²) in [6.07, 6.45) is -0.334. The number of hydrogen-bond donors (Lipinski definition) is 1. The van der Waals surface area contributed by atoms with E-state index in [-0.39, 0.29) is 18.9 Å². The van der Waals surface area contributed by atoms with Gasteiger partial charge in [-0.15, -0.1) is 0 Å². The van der Waals surface area contributed by atoms with Crippen LogP contribution in [-0.2, 0) is 4.74 Å². The van der Waals surface area contributed by atoms with Crippen LogP contribution in [0.25, 0.3) is 0 Å². The van der Waals surface area contributed by atoms with Crippen molar-refractivity contribution in [1.29, 1.82) is 5.26 Å². The summed E-state index contributed by atoms with van der Waals surface area (Å²) in [5.41, 5.74) is -0.467. The van der Waals surface area contributed by atoms with Gasteiger partial charge in [-0.1, -0.05) is 13.3 Å². The molecule has 122 valence electrons. The van der Waals surface area contributed by atoms with Crippen LogP contribution in [0.5, 0.6) is 0 Å². The summed E-state index contributed by atoms with van der Waals surface area (Å²) in [6.45, 7) is 3.44. The fraction of sp³-hybridized carbons (Fsp3) is 0.933. The topological polar surface area (TPSA) is 45.0 Å². The van der Waals surface area contributed by atoms with Gasteiger partial charge in [0.15, 0.2) is 0 Å². The Morgan fingerprint density at radius 2 is 2.14 bits per heavy atom. The van der Waals surface area contributed by atoms with E-state index in [9.17, 15) is 18.4 Å². The number of hydrogen-bond acceptors (Lipinski definition) is 3. The van der Waals surface area contributed by atoms with Crippen molar-refractivity contribution in [3.63, 3.8) is 0 Å². The highest BCUT2D eigenvalue weighted by Gasteiger charge is 2.42. The van der Waals surface area contributed by atoms with E-state index < -0.39 is 18.1 Å². The van der Waals surface area contributed by atoms with Crippen molar-refractivity contribution >= 4 is 0 Å². The summed E-state index contributed by atoms with van der Waals surface area (Å²) in [5.74, 6) is 0.233. The lowest BCUT2D eigenvalue weighted by Crippen LogP contribution is -2.47. The smallest absolute Gasteiger partial charge is 0.381 e. The van der Waals surface area contributed by atoms with Crippen LogP contribution >= 0.6 is 0 Å². The summed E-state index contributed by atoms with van der Waals surface area (Å²) in [6, 6.07) is 2.42. The highest BCUT2D eigenvalue weighted by atomic mass is 19.4. The maximum absolute atomic E-state index is 12.0. The molecular formula is C15H25F3N2O. The fourth-order valence-corrected chi connectivity index (χ4v) is 2.94. The molecule has 0 aromatic carbocycles. The lowest BCUT2D eigenvalue weighted by Gasteiger charge is -2.30. The molecule has 1 aliphatic carbocycles. The van der Waals surface area contributed by atoms with E-state index in [4.69, 9.17) is 4.74 Å². The molecule has 1 saturated carbocycles. The Kier molecular flexibility index (Phi) is 7.47. The third kappa shape index (κ3) is 6.23. The number of nitrogens with zero attached hydrogens (tertiary/aromatic N) is 1. The first-order valence-corrected chi connectivity index (χ1v) is 7.74. The van der Waals surface area contributed by atoms with Crippen LogP contribution in [0.2, 0.25) is 0 Å². The number of ether oxygens (including phenoxy) is 1. The maximum atomic E-state index is 12.0. The number of alkyl halides is 3. The van der Waals surface area contributed by atoms with E-state index in [0.717, 1.165) is 38.6 Å². The quantitative estimate of drug-likeness (QED) is 0.659. The molecule has 2 unspecified atom stereocenters. The van der Waals surface area contributed by atoms with Crippen molar-refractivity contribution in [2.24, 2.45) is 5.92 Å². The SMILES string of the molecule is CCCNC1(C#N)CCCC1CCOCCCC(F)(F)F. The zero-order valence-corrected chi connectivity index (χ0v) is 12.6. The van der Waals surface area contributed by atoms with Gasteiger partial charge in [0.25, 0.3) is 0 Å². The molecule has 1 N–H and O–H groups in total. The summed E-state index contributed by atoms with van der Waals surface area (Å²) in [4.78, 5) is 0. The molecule has 0 radical (unpaired) electrons. The van der Waals surface area contributed by atoms with E-state index in [0.29, 0.717) is 6.61 Å². The Morgan fingerprint density at radius 3 is 2.76 bits per heavy atom. The van der Waals surface area contributed by atoms with Crippen LogP contribution in [0, 0.1) is 17.2 Å². The summed E-state index contributed by atoms with van der Waals surface area (Å²) in [5, 5.41) is 12.8. The minimum atomic E-state index is -4.10. The second-order valence-corrected chi connectivity index (χ2v) is 5.72. The molecule has 1 fully saturated rings.